The number of anilines is 1. The van der Waals surface area contributed by atoms with Gasteiger partial charge in [0, 0.05) is 41.2 Å². The highest BCUT2D eigenvalue weighted by molar-refractivity contribution is 6.32. The number of imide groups is 1. The van der Waals surface area contributed by atoms with E-state index in [0.717, 1.165) is 10.5 Å². The third-order valence-electron chi connectivity index (χ3n) is 11.2. The van der Waals surface area contributed by atoms with E-state index in [1.807, 2.05) is 42.5 Å². The molecule has 0 aromatic heterocycles. The Kier molecular flexibility index (Phi) is 7.55. The number of phenols is 1. The number of rotatable bonds is 6. The lowest BCUT2D eigenvalue weighted by Gasteiger charge is -2.55. The van der Waals surface area contributed by atoms with E-state index in [9.17, 15) is 24.8 Å². The van der Waals surface area contributed by atoms with Gasteiger partial charge in [0.25, 0.3) is 5.69 Å². The molecule has 0 radical (unpaired) electrons. The number of nitro groups is 1. The maximum atomic E-state index is 15.1. The highest BCUT2D eigenvalue weighted by Gasteiger charge is 2.66. The number of fused-ring (bicyclic) bond motifs is 4. The zero-order valence-electron chi connectivity index (χ0n) is 27.5. The summed E-state index contributed by atoms with van der Waals surface area (Å²) in [5.41, 5.74) is 1.21. The number of carbonyl (C=O) groups excluding carboxylic acids is 4. The number of carbonyl (C=O) groups is 4. The molecule has 4 aromatic carbocycles. The van der Waals surface area contributed by atoms with Gasteiger partial charge in [0.2, 0.25) is 11.8 Å². The molecule has 1 saturated heterocycles. The van der Waals surface area contributed by atoms with Crippen LogP contribution in [0.4, 0.5) is 11.4 Å². The highest BCUT2D eigenvalue weighted by atomic mass is 16.6. The minimum atomic E-state index is -1.46. The minimum absolute atomic E-state index is 0.0487. The second-order valence-corrected chi connectivity index (χ2v) is 13.5. The van der Waals surface area contributed by atoms with Crippen LogP contribution in [0.3, 0.4) is 0 Å². The molecule has 3 aliphatic carbocycles. The van der Waals surface area contributed by atoms with E-state index in [-0.39, 0.29) is 47.1 Å². The van der Waals surface area contributed by atoms with Crippen LogP contribution in [0, 0.1) is 33.8 Å². The van der Waals surface area contributed by atoms with Gasteiger partial charge in [0.05, 0.1) is 35.0 Å². The lowest BCUT2D eigenvalue weighted by Crippen LogP contribution is -2.58. The number of amides is 2. The van der Waals surface area contributed by atoms with Crippen molar-refractivity contribution in [3.63, 3.8) is 0 Å². The third-order valence-corrected chi connectivity index (χ3v) is 11.2. The van der Waals surface area contributed by atoms with Gasteiger partial charge in [0.15, 0.2) is 11.6 Å². The van der Waals surface area contributed by atoms with Crippen molar-refractivity contribution in [3.8, 4) is 11.5 Å². The molecule has 4 aromatic rings. The summed E-state index contributed by atoms with van der Waals surface area (Å²) in [5.74, 6) is -5.29. The summed E-state index contributed by atoms with van der Waals surface area (Å²) in [6.07, 6.45) is 3.67. The zero-order chi connectivity index (χ0) is 35.6. The van der Waals surface area contributed by atoms with E-state index in [1.54, 1.807) is 30.3 Å². The third kappa shape index (κ3) is 4.70. The second-order valence-electron chi connectivity index (χ2n) is 13.5. The van der Waals surface area contributed by atoms with Crippen molar-refractivity contribution in [2.45, 2.75) is 24.2 Å². The molecule has 2 amide bonds. The van der Waals surface area contributed by atoms with Crippen LogP contribution in [-0.2, 0) is 24.6 Å². The SMILES string of the molecule is COc1cc(O)ccc1[C@H]1C2=CC[C@@H]3C(=O)N(c4cccc([N+](=O)[O-])c4)C(=O)[C@@H]3[C@@H]2C[C@H]2C(=O)C(c3ccccc3)=CC(=O)[C@@]12c1ccccc1. The van der Waals surface area contributed by atoms with E-state index in [0.29, 0.717) is 22.4 Å². The molecule has 1 saturated carbocycles. The number of nitro benzene ring substituents is 1. The molecule has 10 heteroatoms. The van der Waals surface area contributed by atoms with Gasteiger partial charge in [-0.2, -0.15) is 0 Å². The van der Waals surface area contributed by atoms with Crippen molar-refractivity contribution >= 4 is 40.3 Å². The summed E-state index contributed by atoms with van der Waals surface area (Å²) in [6, 6.07) is 28.3. The van der Waals surface area contributed by atoms with Gasteiger partial charge >= 0.3 is 0 Å². The van der Waals surface area contributed by atoms with Crippen LogP contribution >= 0.6 is 0 Å². The number of Topliss-reactive ketones (excluding diaryl/α,β-unsaturated/α-hetero) is 1. The first-order valence-electron chi connectivity index (χ1n) is 16.8. The van der Waals surface area contributed by atoms with E-state index < -0.39 is 51.7 Å². The van der Waals surface area contributed by atoms with E-state index >= 15 is 9.59 Å². The van der Waals surface area contributed by atoms with E-state index in [4.69, 9.17) is 4.74 Å². The molecule has 4 aliphatic rings. The van der Waals surface area contributed by atoms with Crippen molar-refractivity contribution in [1.29, 1.82) is 0 Å². The average molecular weight is 681 g/mol. The van der Waals surface area contributed by atoms with Crippen LogP contribution in [0.5, 0.6) is 11.5 Å². The number of hydrogen-bond donors (Lipinski definition) is 1. The predicted molar refractivity (Wildman–Crippen MR) is 187 cm³/mol. The predicted octanol–water partition coefficient (Wildman–Crippen LogP) is 6.34. The first-order valence-corrected chi connectivity index (χ1v) is 16.8. The Morgan fingerprint density at radius 3 is 2.29 bits per heavy atom. The molecule has 51 heavy (non-hydrogen) atoms. The molecular formula is C41H32N2O8. The summed E-state index contributed by atoms with van der Waals surface area (Å²) >= 11 is 0. The molecule has 6 atom stereocenters. The Morgan fingerprint density at radius 2 is 1.59 bits per heavy atom. The van der Waals surface area contributed by atoms with Crippen molar-refractivity contribution in [2.75, 3.05) is 12.0 Å². The van der Waals surface area contributed by atoms with Gasteiger partial charge in [0.1, 0.15) is 11.5 Å². The fraction of sp³-hybridized carbons (Fsp3) is 0.220. The van der Waals surface area contributed by atoms with Crippen molar-refractivity contribution in [1.82, 2.24) is 0 Å². The van der Waals surface area contributed by atoms with Crippen LogP contribution in [0.2, 0.25) is 0 Å². The van der Waals surface area contributed by atoms with Gasteiger partial charge in [-0.15, -0.1) is 0 Å². The molecular weight excluding hydrogens is 648 g/mol. The van der Waals surface area contributed by atoms with Gasteiger partial charge in [-0.05, 0) is 48.1 Å². The number of methoxy groups -OCH3 is 1. The maximum Gasteiger partial charge on any atom is 0.271 e. The second kappa shape index (κ2) is 12.0. The largest absolute Gasteiger partial charge is 0.508 e. The van der Waals surface area contributed by atoms with Gasteiger partial charge in [-0.3, -0.25) is 29.3 Å². The molecule has 1 N–H and O–H groups in total. The summed E-state index contributed by atoms with van der Waals surface area (Å²) in [7, 11) is 1.47. The minimum Gasteiger partial charge on any atom is -0.508 e. The van der Waals surface area contributed by atoms with Crippen LogP contribution in [0.25, 0.3) is 5.57 Å². The number of allylic oxidation sites excluding steroid dienone is 4. The number of ether oxygens (including phenoxy) is 1. The zero-order valence-corrected chi connectivity index (χ0v) is 27.5. The lowest BCUT2D eigenvalue weighted by molar-refractivity contribution is -0.384. The Hall–Kier alpha value is -6.16. The number of phenolic OH excluding ortho intramolecular Hbond substituents is 1. The average Bonchev–Trinajstić information content (AvgIpc) is 3.41. The smallest absolute Gasteiger partial charge is 0.271 e. The van der Waals surface area contributed by atoms with Crippen molar-refractivity contribution < 1.29 is 33.9 Å². The normalized spacial score (nSPS) is 26.8. The van der Waals surface area contributed by atoms with E-state index in [2.05, 4.69) is 0 Å². The lowest BCUT2D eigenvalue weighted by atomic mass is 9.44. The first kappa shape index (κ1) is 32.1. The number of hydrogen-bond acceptors (Lipinski definition) is 8. The monoisotopic (exact) mass is 680 g/mol. The molecule has 1 aliphatic heterocycles. The molecule has 1 heterocycles. The summed E-state index contributed by atoms with van der Waals surface area (Å²) in [6.45, 7) is 0. The summed E-state index contributed by atoms with van der Waals surface area (Å²) in [4.78, 5) is 70.8. The molecule has 2 fully saturated rings. The van der Waals surface area contributed by atoms with Gasteiger partial charge < -0.3 is 9.84 Å². The summed E-state index contributed by atoms with van der Waals surface area (Å²) in [5, 5.41) is 22.1. The number of nitrogens with zero attached hydrogens (tertiary/aromatic N) is 2. The fourth-order valence-electron chi connectivity index (χ4n) is 9.16. The Morgan fingerprint density at radius 1 is 0.863 bits per heavy atom. The quantitative estimate of drug-likeness (QED) is 0.108. The first-order chi connectivity index (χ1) is 24.7. The van der Waals surface area contributed by atoms with Crippen molar-refractivity contribution in [2.24, 2.45) is 23.7 Å². The van der Waals surface area contributed by atoms with Crippen LogP contribution < -0.4 is 9.64 Å². The van der Waals surface area contributed by atoms with Crippen LogP contribution in [0.1, 0.15) is 35.4 Å². The number of ketones is 2. The maximum absolute atomic E-state index is 15.1. The van der Waals surface area contributed by atoms with Crippen molar-refractivity contribution in [3.05, 3.63) is 148 Å². The molecule has 0 spiro atoms. The highest BCUT2D eigenvalue weighted by Crippen LogP contribution is 2.64. The number of aromatic hydroxyl groups is 1. The Balaban J connectivity index is 1.36. The van der Waals surface area contributed by atoms with Crippen LogP contribution in [0.15, 0.2) is 121 Å². The molecule has 0 unspecified atom stereocenters. The number of benzene rings is 4. The van der Waals surface area contributed by atoms with Gasteiger partial charge in [-0.25, -0.2) is 4.90 Å². The fourth-order valence-corrected chi connectivity index (χ4v) is 9.16. The summed E-state index contributed by atoms with van der Waals surface area (Å²) < 4.78 is 5.82. The number of non-ortho nitro benzene ring substituents is 1. The van der Waals surface area contributed by atoms with E-state index in [1.165, 1.54) is 49.6 Å². The Bertz CT molecular complexity index is 2210. The molecule has 10 nitrogen and oxygen atoms in total. The van der Waals surface area contributed by atoms with Gasteiger partial charge in [-0.1, -0.05) is 84.4 Å². The molecule has 0 bridgehead atoms. The van der Waals surface area contributed by atoms with Crippen LogP contribution in [-0.4, -0.2) is 40.5 Å². The topological polar surface area (TPSA) is 144 Å². The molecule has 8 rings (SSSR count). The molecule has 254 valence electrons. The Labute approximate surface area is 292 Å². The standard InChI is InChI=1S/C41H32N2O8/c1-51-34-20-27(44)15-16-29(34)37-28-17-18-30-36(40(48)42(39(30)47)25-13-8-14-26(19-25)43(49)50)32(28)21-33-38(46)31(23-9-4-2-5-10-23)22-35(45)41(33,37)24-11-6-3-7-12-24/h2-17,19-20,22,30,32-33,36-37,44H,18,21H2,1H3/t30-,32+,33-,36-,37+,41-/m0/s1.